The zero-order valence-electron chi connectivity index (χ0n) is 13.5. The van der Waals surface area contributed by atoms with E-state index in [1.165, 1.54) is 12.1 Å². The van der Waals surface area contributed by atoms with Gasteiger partial charge in [0.05, 0.1) is 22.6 Å². The van der Waals surface area contributed by atoms with Gasteiger partial charge in [0.25, 0.3) is 0 Å². The number of nitrogens with one attached hydrogen (secondary N) is 1. The standard InChI is InChI=1S/C18H20N2O3S/c1-15(17-8-3-2-4-9-17)23-12-6-11-20-24(21,22)18-10-5-7-16(13-18)14-19/h2-5,7-10,13,15,20H,6,11-12H2,1H3. The highest BCUT2D eigenvalue weighted by molar-refractivity contribution is 7.89. The van der Waals surface area contributed by atoms with Crippen LogP contribution >= 0.6 is 0 Å². The van der Waals surface area contributed by atoms with E-state index >= 15 is 0 Å². The summed E-state index contributed by atoms with van der Waals surface area (Å²) in [6.45, 7) is 2.70. The molecule has 0 saturated carbocycles. The van der Waals surface area contributed by atoms with Crippen molar-refractivity contribution in [2.45, 2.75) is 24.3 Å². The third-order valence-corrected chi connectivity index (χ3v) is 4.98. The average molecular weight is 344 g/mol. The molecular weight excluding hydrogens is 324 g/mol. The van der Waals surface area contributed by atoms with Crippen LogP contribution in [0.2, 0.25) is 0 Å². The van der Waals surface area contributed by atoms with E-state index in [0.717, 1.165) is 5.56 Å². The van der Waals surface area contributed by atoms with Crippen molar-refractivity contribution in [3.8, 4) is 6.07 Å². The molecule has 0 amide bonds. The Balaban J connectivity index is 1.78. The van der Waals surface area contributed by atoms with Crippen molar-refractivity contribution in [2.75, 3.05) is 13.2 Å². The van der Waals surface area contributed by atoms with Gasteiger partial charge in [-0.3, -0.25) is 0 Å². The molecule has 0 saturated heterocycles. The van der Waals surface area contributed by atoms with Gasteiger partial charge in [0, 0.05) is 13.2 Å². The molecule has 0 heterocycles. The molecule has 0 radical (unpaired) electrons. The second-order valence-corrected chi connectivity index (χ2v) is 7.08. The summed E-state index contributed by atoms with van der Waals surface area (Å²) in [6, 6.07) is 17.7. The van der Waals surface area contributed by atoms with Crippen molar-refractivity contribution >= 4 is 10.0 Å². The monoisotopic (exact) mass is 344 g/mol. The van der Waals surface area contributed by atoms with Crippen molar-refractivity contribution in [1.29, 1.82) is 5.26 Å². The van der Waals surface area contributed by atoms with Crippen molar-refractivity contribution < 1.29 is 13.2 Å². The molecule has 126 valence electrons. The third-order valence-electron chi connectivity index (χ3n) is 3.52. The highest BCUT2D eigenvalue weighted by Gasteiger charge is 2.13. The van der Waals surface area contributed by atoms with Crippen LogP contribution in [0, 0.1) is 11.3 Å². The third kappa shape index (κ3) is 5.17. The van der Waals surface area contributed by atoms with Gasteiger partial charge in [-0.1, -0.05) is 36.4 Å². The van der Waals surface area contributed by atoms with E-state index in [-0.39, 0.29) is 17.5 Å². The molecule has 2 aromatic rings. The first kappa shape index (κ1) is 18.1. The SMILES string of the molecule is CC(OCCCNS(=O)(=O)c1cccc(C#N)c1)c1ccccc1. The number of nitrogens with zero attached hydrogens (tertiary/aromatic N) is 1. The fraction of sp³-hybridized carbons (Fsp3) is 0.278. The number of rotatable bonds is 8. The molecule has 1 N–H and O–H groups in total. The maximum absolute atomic E-state index is 12.2. The Morgan fingerprint density at radius 2 is 1.92 bits per heavy atom. The largest absolute Gasteiger partial charge is 0.374 e. The lowest BCUT2D eigenvalue weighted by molar-refractivity contribution is 0.0647. The van der Waals surface area contributed by atoms with E-state index in [4.69, 9.17) is 10.00 Å². The van der Waals surface area contributed by atoms with E-state index in [0.29, 0.717) is 18.6 Å². The summed E-state index contributed by atoms with van der Waals surface area (Å²) in [7, 11) is -3.60. The molecule has 5 nitrogen and oxygen atoms in total. The lowest BCUT2D eigenvalue weighted by atomic mass is 10.1. The van der Waals surface area contributed by atoms with Gasteiger partial charge in [0.15, 0.2) is 0 Å². The van der Waals surface area contributed by atoms with E-state index < -0.39 is 10.0 Å². The average Bonchev–Trinajstić information content (AvgIpc) is 2.62. The molecule has 0 aliphatic carbocycles. The zero-order valence-corrected chi connectivity index (χ0v) is 14.3. The van der Waals surface area contributed by atoms with E-state index in [2.05, 4.69) is 4.72 Å². The Labute approximate surface area is 142 Å². The summed E-state index contributed by atoms with van der Waals surface area (Å²) in [4.78, 5) is 0.0973. The van der Waals surface area contributed by atoms with Crippen LogP contribution in [0.5, 0.6) is 0 Å². The minimum Gasteiger partial charge on any atom is -0.374 e. The molecule has 2 rings (SSSR count). The summed E-state index contributed by atoms with van der Waals surface area (Å²) in [5.74, 6) is 0. The summed E-state index contributed by atoms with van der Waals surface area (Å²) < 4.78 is 32.5. The molecule has 1 unspecified atom stereocenters. The predicted octanol–water partition coefficient (Wildman–Crippen LogP) is 3.00. The van der Waals surface area contributed by atoms with Gasteiger partial charge in [-0.2, -0.15) is 5.26 Å². The molecule has 1 atom stereocenters. The first-order chi connectivity index (χ1) is 11.5. The normalized spacial score (nSPS) is 12.5. The molecule has 0 aromatic heterocycles. The second-order valence-electron chi connectivity index (χ2n) is 5.31. The first-order valence-corrected chi connectivity index (χ1v) is 9.17. The smallest absolute Gasteiger partial charge is 0.240 e. The molecule has 0 bridgehead atoms. The van der Waals surface area contributed by atoms with Crippen LogP contribution in [0.15, 0.2) is 59.5 Å². The van der Waals surface area contributed by atoms with Crippen LogP contribution in [-0.4, -0.2) is 21.6 Å². The molecule has 0 spiro atoms. The Kier molecular flexibility index (Phi) is 6.50. The number of sulfonamides is 1. The maximum Gasteiger partial charge on any atom is 0.240 e. The van der Waals surface area contributed by atoms with Crippen molar-refractivity contribution in [3.05, 3.63) is 65.7 Å². The Morgan fingerprint density at radius 3 is 2.62 bits per heavy atom. The van der Waals surface area contributed by atoms with Gasteiger partial charge >= 0.3 is 0 Å². The Bertz CT molecular complexity index is 799. The Hall–Kier alpha value is -2.20. The van der Waals surface area contributed by atoms with Crippen LogP contribution in [0.25, 0.3) is 0 Å². The molecular formula is C18H20N2O3S. The van der Waals surface area contributed by atoms with Crippen molar-refractivity contribution in [2.24, 2.45) is 0 Å². The maximum atomic E-state index is 12.2. The first-order valence-electron chi connectivity index (χ1n) is 7.69. The van der Waals surface area contributed by atoms with Gasteiger partial charge in [-0.05, 0) is 37.1 Å². The highest BCUT2D eigenvalue weighted by Crippen LogP contribution is 2.16. The number of ether oxygens (including phenoxy) is 1. The number of benzene rings is 2. The quantitative estimate of drug-likeness (QED) is 0.747. The lowest BCUT2D eigenvalue weighted by Crippen LogP contribution is -2.25. The van der Waals surface area contributed by atoms with Crippen LogP contribution in [0.1, 0.15) is 30.6 Å². The minimum absolute atomic E-state index is 0.0323. The Morgan fingerprint density at radius 1 is 1.17 bits per heavy atom. The van der Waals surface area contributed by atoms with E-state index in [1.807, 2.05) is 43.3 Å². The summed E-state index contributed by atoms with van der Waals surface area (Å²) in [5, 5.41) is 8.84. The summed E-state index contributed by atoms with van der Waals surface area (Å²) in [6.07, 6.45) is 0.532. The lowest BCUT2D eigenvalue weighted by Gasteiger charge is -2.13. The molecule has 0 aliphatic heterocycles. The summed E-state index contributed by atoms with van der Waals surface area (Å²) in [5.41, 5.74) is 1.41. The topological polar surface area (TPSA) is 79.2 Å². The number of hydrogen-bond acceptors (Lipinski definition) is 4. The second kappa shape index (κ2) is 8.60. The zero-order chi connectivity index (χ0) is 17.4. The van der Waals surface area contributed by atoms with Gasteiger partial charge in [-0.15, -0.1) is 0 Å². The van der Waals surface area contributed by atoms with Gasteiger partial charge in [0.2, 0.25) is 10.0 Å². The molecule has 24 heavy (non-hydrogen) atoms. The summed E-state index contributed by atoms with van der Waals surface area (Å²) >= 11 is 0. The predicted molar refractivity (Wildman–Crippen MR) is 91.8 cm³/mol. The number of hydrogen-bond donors (Lipinski definition) is 1. The van der Waals surface area contributed by atoms with Gasteiger partial charge in [-0.25, -0.2) is 13.1 Å². The van der Waals surface area contributed by atoms with E-state index in [1.54, 1.807) is 12.1 Å². The van der Waals surface area contributed by atoms with Gasteiger partial charge in [0.1, 0.15) is 0 Å². The van der Waals surface area contributed by atoms with Crippen LogP contribution in [0.4, 0.5) is 0 Å². The van der Waals surface area contributed by atoms with Gasteiger partial charge < -0.3 is 4.74 Å². The van der Waals surface area contributed by atoms with Crippen molar-refractivity contribution in [3.63, 3.8) is 0 Å². The molecule has 0 fully saturated rings. The molecule has 6 heteroatoms. The van der Waals surface area contributed by atoms with Crippen LogP contribution in [-0.2, 0) is 14.8 Å². The fourth-order valence-corrected chi connectivity index (χ4v) is 3.29. The van der Waals surface area contributed by atoms with Crippen molar-refractivity contribution in [1.82, 2.24) is 4.72 Å². The molecule has 0 aliphatic rings. The van der Waals surface area contributed by atoms with Crippen LogP contribution < -0.4 is 4.72 Å². The van der Waals surface area contributed by atoms with Crippen LogP contribution in [0.3, 0.4) is 0 Å². The van der Waals surface area contributed by atoms with E-state index in [9.17, 15) is 8.42 Å². The fourth-order valence-electron chi connectivity index (χ4n) is 2.18. The number of nitriles is 1. The molecule has 2 aromatic carbocycles. The highest BCUT2D eigenvalue weighted by atomic mass is 32.2. The minimum atomic E-state index is -3.60.